The van der Waals surface area contributed by atoms with Crippen LogP contribution < -0.4 is 11.5 Å². The maximum absolute atomic E-state index is 9.82. The molecule has 0 bridgehead atoms. The summed E-state index contributed by atoms with van der Waals surface area (Å²) in [4.78, 5) is 19.6. The van der Waals surface area contributed by atoms with Crippen LogP contribution in [0.2, 0.25) is 0 Å². The highest BCUT2D eigenvalue weighted by Gasteiger charge is 1.87. The minimum Gasteiger partial charge on any atom is -0.396 e. The van der Waals surface area contributed by atoms with Gasteiger partial charge in [0, 0.05) is 24.4 Å². The predicted octanol–water partition coefficient (Wildman–Crippen LogP) is 0.627. The maximum Gasteiger partial charge on any atom is 0.243 e. The van der Waals surface area contributed by atoms with E-state index in [0.29, 0.717) is 11.1 Å². The number of amides is 2. The van der Waals surface area contributed by atoms with Gasteiger partial charge in [0.15, 0.2) is 0 Å². The van der Waals surface area contributed by atoms with Crippen molar-refractivity contribution in [2.75, 3.05) is 13.2 Å². The predicted molar refractivity (Wildman–Crippen MR) is 80.7 cm³/mol. The van der Waals surface area contributed by atoms with Crippen LogP contribution in [0.25, 0.3) is 0 Å². The summed E-state index contributed by atoms with van der Waals surface area (Å²) in [5.74, 6) is -0.870. The van der Waals surface area contributed by atoms with Crippen LogP contribution in [-0.2, 0) is 9.59 Å². The average Bonchev–Trinajstić information content (AvgIpc) is 2.36. The first-order chi connectivity index (χ1) is 9.20. The lowest BCUT2D eigenvalue weighted by molar-refractivity contribution is -0.115. The average molecular weight is 288 g/mol. The minimum absolute atomic E-state index is 0.283. The molecule has 0 aromatic carbocycles. The smallest absolute Gasteiger partial charge is 0.243 e. The summed E-state index contributed by atoms with van der Waals surface area (Å²) in [7, 11) is 0. The standard InChI is InChI=1S/C6H14O2.2C4H7NO/c7-5-3-1-2-4-6-8;2*1-3(2)4(5)6/h7-8H,1-6H2;2*1H2,2H3,(H2,5,6). The fourth-order valence-corrected chi connectivity index (χ4v) is 0.577. The van der Waals surface area contributed by atoms with Crippen LogP contribution in [0, 0.1) is 0 Å². The van der Waals surface area contributed by atoms with Gasteiger partial charge >= 0.3 is 0 Å². The molecule has 2 amide bonds. The summed E-state index contributed by atoms with van der Waals surface area (Å²) in [6.07, 6.45) is 3.83. The van der Waals surface area contributed by atoms with Crippen molar-refractivity contribution in [3.63, 3.8) is 0 Å². The van der Waals surface area contributed by atoms with Crippen molar-refractivity contribution >= 4 is 11.8 Å². The third-order valence-electron chi connectivity index (χ3n) is 1.91. The van der Waals surface area contributed by atoms with E-state index in [1.165, 1.54) is 0 Å². The van der Waals surface area contributed by atoms with E-state index in [9.17, 15) is 9.59 Å². The molecule has 0 aromatic rings. The highest BCUT2D eigenvalue weighted by molar-refractivity contribution is 5.90. The van der Waals surface area contributed by atoms with Crippen LogP contribution in [0.3, 0.4) is 0 Å². The van der Waals surface area contributed by atoms with E-state index in [2.05, 4.69) is 13.2 Å². The fourth-order valence-electron chi connectivity index (χ4n) is 0.577. The SMILES string of the molecule is C=C(C)C(N)=O.C=C(C)C(N)=O.OCCCCCCO. The van der Waals surface area contributed by atoms with Crippen molar-refractivity contribution in [1.82, 2.24) is 0 Å². The lowest BCUT2D eigenvalue weighted by Gasteiger charge is -1.93. The van der Waals surface area contributed by atoms with Gasteiger partial charge < -0.3 is 21.7 Å². The summed E-state index contributed by atoms with van der Waals surface area (Å²) in [6.45, 7) is 10.3. The zero-order valence-electron chi connectivity index (χ0n) is 12.5. The molecule has 0 rings (SSSR count). The molecule has 6 N–H and O–H groups in total. The van der Waals surface area contributed by atoms with Gasteiger partial charge in [-0.25, -0.2) is 0 Å². The van der Waals surface area contributed by atoms with Gasteiger partial charge in [0.2, 0.25) is 11.8 Å². The molecule has 6 nitrogen and oxygen atoms in total. The molecule has 0 unspecified atom stereocenters. The quantitative estimate of drug-likeness (QED) is 0.404. The number of carbonyl (C=O) groups is 2. The topological polar surface area (TPSA) is 127 Å². The zero-order chi connectivity index (χ0) is 16.6. The van der Waals surface area contributed by atoms with Gasteiger partial charge in [-0.3, -0.25) is 9.59 Å². The zero-order valence-corrected chi connectivity index (χ0v) is 12.5. The Morgan fingerprint density at radius 3 is 1.10 bits per heavy atom. The van der Waals surface area contributed by atoms with Crippen molar-refractivity contribution in [1.29, 1.82) is 0 Å². The molecule has 0 heterocycles. The van der Waals surface area contributed by atoms with Crippen molar-refractivity contribution in [2.24, 2.45) is 11.5 Å². The van der Waals surface area contributed by atoms with E-state index in [1.54, 1.807) is 13.8 Å². The van der Waals surface area contributed by atoms with Crippen molar-refractivity contribution in [2.45, 2.75) is 39.5 Å². The maximum atomic E-state index is 9.82. The monoisotopic (exact) mass is 288 g/mol. The Labute approximate surface area is 121 Å². The van der Waals surface area contributed by atoms with Crippen LogP contribution in [0.4, 0.5) is 0 Å². The number of primary amides is 2. The van der Waals surface area contributed by atoms with E-state index in [1.807, 2.05) is 0 Å². The van der Waals surface area contributed by atoms with E-state index in [4.69, 9.17) is 21.7 Å². The summed E-state index contributed by atoms with van der Waals surface area (Å²) in [6, 6.07) is 0. The van der Waals surface area contributed by atoms with E-state index < -0.39 is 11.8 Å². The number of carbonyl (C=O) groups excluding carboxylic acids is 2. The summed E-state index contributed by atoms with van der Waals surface area (Å²) < 4.78 is 0. The molecule has 0 atom stereocenters. The number of unbranched alkanes of at least 4 members (excludes halogenated alkanes) is 3. The second-order valence-corrected chi connectivity index (χ2v) is 4.15. The normalized spacial score (nSPS) is 8.40. The highest BCUT2D eigenvalue weighted by atomic mass is 16.3. The Balaban J connectivity index is -0.000000221. The van der Waals surface area contributed by atoms with Gasteiger partial charge in [-0.2, -0.15) is 0 Å². The third-order valence-corrected chi connectivity index (χ3v) is 1.91. The van der Waals surface area contributed by atoms with Crippen molar-refractivity contribution in [3.05, 3.63) is 24.3 Å². The van der Waals surface area contributed by atoms with Crippen molar-refractivity contribution in [3.8, 4) is 0 Å². The second-order valence-electron chi connectivity index (χ2n) is 4.15. The number of hydrogen-bond acceptors (Lipinski definition) is 4. The molecule has 0 spiro atoms. The molecule has 0 fully saturated rings. The Morgan fingerprint density at radius 1 is 0.800 bits per heavy atom. The van der Waals surface area contributed by atoms with Gasteiger partial charge in [0.1, 0.15) is 0 Å². The number of rotatable bonds is 7. The molecule has 0 aromatic heterocycles. The molecule has 0 aliphatic rings. The molecule has 0 saturated carbocycles. The molecule has 6 heteroatoms. The minimum atomic E-state index is -0.435. The number of hydrogen-bond donors (Lipinski definition) is 4. The lowest BCUT2D eigenvalue weighted by Crippen LogP contribution is -2.10. The first-order valence-corrected chi connectivity index (χ1v) is 6.33. The van der Waals surface area contributed by atoms with Gasteiger partial charge in [-0.15, -0.1) is 0 Å². The van der Waals surface area contributed by atoms with E-state index in [-0.39, 0.29) is 13.2 Å². The Bertz CT molecular complexity index is 248. The first kappa shape index (κ1) is 23.4. The van der Waals surface area contributed by atoms with Gasteiger partial charge in [0.05, 0.1) is 0 Å². The fraction of sp³-hybridized carbons (Fsp3) is 0.571. The Morgan fingerprint density at radius 2 is 1.00 bits per heavy atom. The van der Waals surface area contributed by atoms with Crippen LogP contribution >= 0.6 is 0 Å². The molecule has 20 heavy (non-hydrogen) atoms. The Hall–Kier alpha value is -1.66. The van der Waals surface area contributed by atoms with Crippen LogP contribution in [0.1, 0.15) is 39.5 Å². The summed E-state index contributed by atoms with van der Waals surface area (Å²) in [5.41, 5.74) is 10.2. The number of nitrogens with two attached hydrogens (primary N) is 2. The number of aliphatic hydroxyl groups is 2. The summed E-state index contributed by atoms with van der Waals surface area (Å²) >= 11 is 0. The molecule has 0 saturated heterocycles. The number of aliphatic hydroxyl groups excluding tert-OH is 2. The van der Waals surface area contributed by atoms with Gasteiger partial charge in [-0.1, -0.05) is 26.0 Å². The van der Waals surface area contributed by atoms with Crippen molar-refractivity contribution < 1.29 is 19.8 Å². The molecular weight excluding hydrogens is 260 g/mol. The van der Waals surface area contributed by atoms with Crippen LogP contribution in [0.5, 0.6) is 0 Å². The lowest BCUT2D eigenvalue weighted by atomic mass is 10.2. The van der Waals surface area contributed by atoms with Crippen LogP contribution in [-0.4, -0.2) is 35.2 Å². The summed E-state index contributed by atoms with van der Waals surface area (Å²) in [5, 5.41) is 16.6. The van der Waals surface area contributed by atoms with E-state index in [0.717, 1.165) is 25.7 Å². The second kappa shape index (κ2) is 17.3. The molecule has 0 aliphatic heterocycles. The molecule has 118 valence electrons. The van der Waals surface area contributed by atoms with Gasteiger partial charge in [-0.05, 0) is 26.7 Å². The van der Waals surface area contributed by atoms with Gasteiger partial charge in [0.25, 0.3) is 0 Å². The molecule has 0 aliphatic carbocycles. The third kappa shape index (κ3) is 29.9. The molecular formula is C14H28N2O4. The molecule has 0 radical (unpaired) electrons. The van der Waals surface area contributed by atoms with Crippen LogP contribution in [0.15, 0.2) is 24.3 Å². The van der Waals surface area contributed by atoms with E-state index >= 15 is 0 Å². The largest absolute Gasteiger partial charge is 0.396 e. The first-order valence-electron chi connectivity index (χ1n) is 6.33. The Kier molecular flexibility index (Phi) is 20.3. The highest BCUT2D eigenvalue weighted by Crippen LogP contribution is 1.96.